The fraction of sp³-hybridized carbons (Fsp3) is 0.263. The van der Waals surface area contributed by atoms with Crippen molar-refractivity contribution >= 4 is 35.2 Å². The average molecular weight is 378 g/mol. The summed E-state index contributed by atoms with van der Waals surface area (Å²) in [5.74, 6) is -0.0971. The normalized spacial score (nSPS) is 11.6. The van der Waals surface area contributed by atoms with Crippen LogP contribution in [0.4, 0.5) is 0 Å². The van der Waals surface area contributed by atoms with Crippen molar-refractivity contribution in [2.24, 2.45) is 0 Å². The van der Waals surface area contributed by atoms with Gasteiger partial charge in [-0.2, -0.15) is 11.8 Å². The van der Waals surface area contributed by atoms with Crippen molar-refractivity contribution in [3.63, 3.8) is 0 Å². The van der Waals surface area contributed by atoms with E-state index in [4.69, 9.17) is 16.3 Å². The zero-order valence-electron chi connectivity index (χ0n) is 13.9. The van der Waals surface area contributed by atoms with Crippen molar-refractivity contribution in [2.75, 3.05) is 12.0 Å². The highest BCUT2D eigenvalue weighted by molar-refractivity contribution is 7.98. The maximum absolute atomic E-state index is 12.4. The molecule has 0 fully saturated rings. The number of benzene rings is 2. The van der Waals surface area contributed by atoms with Gasteiger partial charge >= 0.3 is 5.97 Å². The molecule has 2 rings (SSSR count). The van der Waals surface area contributed by atoms with Crippen LogP contribution >= 0.6 is 23.4 Å². The Kier molecular flexibility index (Phi) is 7.82. The second-order valence-corrected chi connectivity index (χ2v) is 6.77. The summed E-state index contributed by atoms with van der Waals surface area (Å²) in [6, 6.07) is 15.5. The Labute approximate surface area is 156 Å². The van der Waals surface area contributed by atoms with Gasteiger partial charge in [-0.1, -0.05) is 54.1 Å². The second-order valence-electron chi connectivity index (χ2n) is 5.38. The van der Waals surface area contributed by atoms with Gasteiger partial charge in [0.25, 0.3) is 5.91 Å². The predicted molar refractivity (Wildman–Crippen MR) is 102 cm³/mol. The van der Waals surface area contributed by atoms with Crippen LogP contribution in [0.5, 0.6) is 0 Å². The topological polar surface area (TPSA) is 55.4 Å². The number of halogens is 1. The van der Waals surface area contributed by atoms with E-state index in [1.54, 1.807) is 36.0 Å². The lowest BCUT2D eigenvalue weighted by molar-refractivity contribution is -0.147. The fourth-order valence-electron chi connectivity index (χ4n) is 2.20. The molecule has 1 atom stereocenters. The lowest BCUT2D eigenvalue weighted by Crippen LogP contribution is -2.42. The molecule has 0 aliphatic carbocycles. The molecule has 0 radical (unpaired) electrons. The molecule has 0 heterocycles. The molecule has 1 N–H and O–H groups in total. The van der Waals surface area contributed by atoms with E-state index < -0.39 is 12.0 Å². The number of hydrogen-bond acceptors (Lipinski definition) is 4. The van der Waals surface area contributed by atoms with Gasteiger partial charge in [-0.05, 0) is 36.1 Å². The first-order valence-corrected chi connectivity index (χ1v) is 9.64. The monoisotopic (exact) mass is 377 g/mol. The van der Waals surface area contributed by atoms with E-state index in [-0.39, 0.29) is 12.5 Å². The molecule has 1 amide bonds. The van der Waals surface area contributed by atoms with Crippen LogP contribution in [0.2, 0.25) is 5.02 Å². The molecule has 2 aromatic carbocycles. The summed E-state index contributed by atoms with van der Waals surface area (Å²) < 4.78 is 5.36. The molecule has 0 saturated carbocycles. The van der Waals surface area contributed by atoms with Crippen molar-refractivity contribution in [3.05, 3.63) is 70.7 Å². The molecule has 1 unspecified atom stereocenters. The van der Waals surface area contributed by atoms with Crippen LogP contribution in [0.25, 0.3) is 0 Å². The number of ether oxygens (including phenoxy) is 1. The van der Waals surface area contributed by atoms with E-state index >= 15 is 0 Å². The van der Waals surface area contributed by atoms with Crippen LogP contribution in [0.15, 0.2) is 54.6 Å². The third-order valence-electron chi connectivity index (χ3n) is 3.54. The third kappa shape index (κ3) is 6.11. The van der Waals surface area contributed by atoms with Crippen molar-refractivity contribution in [1.82, 2.24) is 5.32 Å². The van der Waals surface area contributed by atoms with Crippen molar-refractivity contribution in [2.45, 2.75) is 19.1 Å². The first-order chi connectivity index (χ1) is 12.1. The third-order valence-corrected chi connectivity index (χ3v) is 4.52. The van der Waals surface area contributed by atoms with Gasteiger partial charge < -0.3 is 10.1 Å². The molecular weight excluding hydrogens is 358 g/mol. The first-order valence-electron chi connectivity index (χ1n) is 7.86. The number of amides is 1. The second kappa shape index (κ2) is 10.1. The van der Waals surface area contributed by atoms with Gasteiger partial charge in [0.15, 0.2) is 0 Å². The minimum Gasteiger partial charge on any atom is -0.459 e. The summed E-state index contributed by atoms with van der Waals surface area (Å²) in [5, 5.41) is 3.08. The average Bonchev–Trinajstić information content (AvgIpc) is 2.64. The van der Waals surface area contributed by atoms with Crippen LogP contribution in [0.1, 0.15) is 22.3 Å². The van der Waals surface area contributed by atoms with Crippen LogP contribution in [-0.2, 0) is 16.1 Å². The van der Waals surface area contributed by atoms with Gasteiger partial charge in [0.05, 0.1) is 10.6 Å². The van der Waals surface area contributed by atoms with Crippen molar-refractivity contribution in [1.29, 1.82) is 0 Å². The van der Waals surface area contributed by atoms with Crippen molar-refractivity contribution in [3.8, 4) is 0 Å². The minimum atomic E-state index is -0.708. The molecule has 6 heteroatoms. The minimum absolute atomic E-state index is 0.178. The molecule has 0 spiro atoms. The molecule has 25 heavy (non-hydrogen) atoms. The van der Waals surface area contributed by atoms with Crippen molar-refractivity contribution < 1.29 is 14.3 Å². The molecule has 4 nitrogen and oxygen atoms in total. The Hall–Kier alpha value is -1.98. The predicted octanol–water partition coefficient (Wildman–Crippen LogP) is 3.93. The van der Waals surface area contributed by atoms with Gasteiger partial charge in [0, 0.05) is 0 Å². The summed E-state index contributed by atoms with van der Waals surface area (Å²) >= 11 is 7.65. The number of carbonyl (C=O) groups excluding carboxylic acids is 2. The van der Waals surface area contributed by atoms with Gasteiger partial charge in [0.2, 0.25) is 0 Å². The highest BCUT2D eigenvalue weighted by atomic mass is 35.5. The molecule has 2 aromatic rings. The van der Waals surface area contributed by atoms with Gasteiger partial charge in [0.1, 0.15) is 12.6 Å². The Bertz CT molecular complexity index is 709. The van der Waals surface area contributed by atoms with E-state index in [1.165, 1.54) is 0 Å². The smallest absolute Gasteiger partial charge is 0.329 e. The number of carbonyl (C=O) groups is 2. The Balaban J connectivity index is 2.00. The lowest BCUT2D eigenvalue weighted by atomic mass is 10.1. The molecular formula is C19H20ClNO3S. The zero-order valence-corrected chi connectivity index (χ0v) is 15.5. The largest absolute Gasteiger partial charge is 0.459 e. The standard InChI is InChI=1S/C19H20ClNO3S/c1-25-12-11-17(19(23)24-13-14-7-3-2-4-8-14)21-18(22)15-9-5-6-10-16(15)20/h2-10,17H,11-13H2,1H3,(H,21,22). The highest BCUT2D eigenvalue weighted by Crippen LogP contribution is 2.15. The van der Waals surface area contributed by atoms with Gasteiger partial charge in [-0.15, -0.1) is 0 Å². The maximum atomic E-state index is 12.4. The summed E-state index contributed by atoms with van der Waals surface area (Å²) in [4.78, 5) is 24.8. The van der Waals surface area contributed by atoms with Crippen LogP contribution < -0.4 is 5.32 Å². The maximum Gasteiger partial charge on any atom is 0.329 e. The Morgan fingerprint density at radius 2 is 1.80 bits per heavy atom. The van der Waals surface area contributed by atoms with Crippen LogP contribution in [-0.4, -0.2) is 29.9 Å². The molecule has 0 aliphatic heterocycles. The molecule has 0 aromatic heterocycles. The molecule has 0 aliphatic rings. The first kappa shape index (κ1) is 19.3. The van der Waals surface area contributed by atoms with E-state index in [1.807, 2.05) is 36.6 Å². The Morgan fingerprint density at radius 3 is 2.48 bits per heavy atom. The fourth-order valence-corrected chi connectivity index (χ4v) is 2.89. The zero-order chi connectivity index (χ0) is 18.1. The summed E-state index contributed by atoms with van der Waals surface area (Å²) in [6.45, 7) is 0.178. The number of esters is 1. The lowest BCUT2D eigenvalue weighted by Gasteiger charge is -2.18. The van der Waals surface area contributed by atoms with Crippen LogP contribution in [0, 0.1) is 0 Å². The highest BCUT2D eigenvalue weighted by Gasteiger charge is 2.23. The van der Waals surface area contributed by atoms with Crippen LogP contribution in [0.3, 0.4) is 0 Å². The number of rotatable bonds is 8. The number of nitrogens with one attached hydrogen (secondary N) is 1. The van der Waals surface area contributed by atoms with Gasteiger partial charge in [-0.25, -0.2) is 4.79 Å². The van der Waals surface area contributed by atoms with E-state index in [9.17, 15) is 9.59 Å². The van der Waals surface area contributed by atoms with Gasteiger partial charge in [-0.3, -0.25) is 4.79 Å². The quantitative estimate of drug-likeness (QED) is 0.708. The van der Waals surface area contributed by atoms with E-state index in [0.29, 0.717) is 17.0 Å². The SMILES string of the molecule is CSCCC(NC(=O)c1ccccc1Cl)C(=O)OCc1ccccc1. The summed E-state index contributed by atoms with van der Waals surface area (Å²) in [6.07, 6.45) is 2.44. The van der Waals surface area contributed by atoms with E-state index in [2.05, 4.69) is 5.32 Å². The summed E-state index contributed by atoms with van der Waals surface area (Å²) in [5.41, 5.74) is 1.24. The van der Waals surface area contributed by atoms with E-state index in [0.717, 1.165) is 11.3 Å². The number of thioether (sulfide) groups is 1. The molecule has 132 valence electrons. The summed E-state index contributed by atoms with van der Waals surface area (Å²) in [7, 11) is 0. The Morgan fingerprint density at radius 1 is 1.12 bits per heavy atom. The molecule has 0 bridgehead atoms. The number of hydrogen-bond donors (Lipinski definition) is 1. The molecule has 0 saturated heterocycles.